The lowest BCUT2D eigenvalue weighted by Gasteiger charge is -2.35. The molecule has 1 saturated heterocycles. The van der Waals surface area contributed by atoms with Gasteiger partial charge >= 0.3 is 0 Å². The Kier molecular flexibility index (Phi) is 4.57. The zero-order valence-corrected chi connectivity index (χ0v) is 14.8. The van der Waals surface area contributed by atoms with E-state index in [1.165, 1.54) is 19.3 Å². The molecule has 4 rings (SSSR count). The monoisotopic (exact) mass is 342 g/mol. The van der Waals surface area contributed by atoms with E-state index in [1.807, 2.05) is 28.8 Å². The molecule has 0 saturated carbocycles. The average molecular weight is 342 g/mol. The highest BCUT2D eigenvalue weighted by Gasteiger charge is 2.31. The summed E-state index contributed by atoms with van der Waals surface area (Å²) in [6, 6.07) is 2.22. The quantitative estimate of drug-likeness (QED) is 0.924. The van der Waals surface area contributed by atoms with Crippen LogP contribution in [0.1, 0.15) is 47.7 Å². The Balaban J connectivity index is 1.58. The Morgan fingerprint density at radius 2 is 2.12 bits per heavy atom. The molecule has 1 amide bonds. The predicted octanol–water partition coefficient (Wildman–Crippen LogP) is 1.82. The summed E-state index contributed by atoms with van der Waals surface area (Å²) in [6.45, 7) is 6.59. The summed E-state index contributed by atoms with van der Waals surface area (Å²) in [5.74, 6) is 0.813. The van der Waals surface area contributed by atoms with Crippen LogP contribution in [0.5, 0.6) is 0 Å². The van der Waals surface area contributed by atoms with Crippen molar-refractivity contribution in [1.82, 2.24) is 29.5 Å². The molecule has 0 aromatic carbocycles. The number of imidazole rings is 1. The molecule has 2 aliphatic heterocycles. The van der Waals surface area contributed by atoms with Gasteiger partial charge in [0.05, 0.1) is 18.4 Å². The lowest BCUT2D eigenvalue weighted by molar-refractivity contribution is 0.0583. The molecule has 0 unspecified atom stereocenters. The number of nitrogens with zero attached hydrogens (tertiary/aromatic N) is 5. The fourth-order valence-corrected chi connectivity index (χ4v) is 3.98. The van der Waals surface area contributed by atoms with E-state index < -0.39 is 0 Å². The van der Waals surface area contributed by atoms with Gasteiger partial charge in [-0.3, -0.25) is 9.48 Å². The smallest absolute Gasteiger partial charge is 0.272 e. The van der Waals surface area contributed by atoms with Gasteiger partial charge in [-0.05, 0) is 45.3 Å². The highest BCUT2D eigenvalue weighted by Crippen LogP contribution is 2.21. The first-order chi connectivity index (χ1) is 12.2. The van der Waals surface area contributed by atoms with Crippen LogP contribution in [0.3, 0.4) is 0 Å². The second-order valence-corrected chi connectivity index (χ2v) is 7.16. The largest absolute Gasteiger partial charge is 0.338 e. The van der Waals surface area contributed by atoms with Crippen LogP contribution in [0, 0.1) is 6.92 Å². The molecule has 2 aromatic heterocycles. The normalized spacial score (nSPS) is 21.8. The molecule has 1 N–H and O–H groups in total. The molecule has 0 bridgehead atoms. The minimum Gasteiger partial charge on any atom is -0.338 e. The second kappa shape index (κ2) is 7.00. The summed E-state index contributed by atoms with van der Waals surface area (Å²) in [6.07, 6.45) is 8.27. The number of hydrogen-bond acceptors (Lipinski definition) is 4. The number of carbonyl (C=O) groups excluding carboxylic acids is 1. The Morgan fingerprint density at radius 3 is 2.88 bits per heavy atom. The van der Waals surface area contributed by atoms with E-state index in [9.17, 15) is 4.79 Å². The van der Waals surface area contributed by atoms with Gasteiger partial charge in [-0.15, -0.1) is 0 Å². The third-order valence-electron chi connectivity index (χ3n) is 5.36. The van der Waals surface area contributed by atoms with E-state index in [2.05, 4.69) is 20.0 Å². The van der Waals surface area contributed by atoms with Crippen molar-refractivity contribution in [3.63, 3.8) is 0 Å². The third-order valence-corrected chi connectivity index (χ3v) is 5.36. The van der Waals surface area contributed by atoms with E-state index in [0.717, 1.165) is 44.1 Å². The van der Waals surface area contributed by atoms with Crippen LogP contribution in [-0.2, 0) is 13.1 Å². The number of aromatic nitrogens is 4. The van der Waals surface area contributed by atoms with Gasteiger partial charge < -0.3 is 14.8 Å². The first-order valence-corrected chi connectivity index (χ1v) is 9.26. The number of fused-ring (bicyclic) bond motifs is 1. The lowest BCUT2D eigenvalue weighted by atomic mass is 10.1. The Morgan fingerprint density at radius 1 is 1.28 bits per heavy atom. The summed E-state index contributed by atoms with van der Waals surface area (Å²) in [5, 5.41) is 4.41. The number of likely N-dealkylation sites (tertiary alicyclic amines) is 1. The second-order valence-electron chi connectivity index (χ2n) is 7.16. The maximum absolute atomic E-state index is 13.2. The van der Waals surface area contributed by atoms with Crippen molar-refractivity contribution in [2.24, 2.45) is 0 Å². The summed E-state index contributed by atoms with van der Waals surface area (Å²) in [4.78, 5) is 25.0. The van der Waals surface area contributed by atoms with Crippen LogP contribution in [-0.4, -0.2) is 61.1 Å². The SMILES string of the molecule is Cc1ncc(C(=O)N2Cc3ccnn3CC[C@@H]2CN2CCCCC2)[nH]1. The van der Waals surface area contributed by atoms with Crippen LogP contribution >= 0.6 is 0 Å². The van der Waals surface area contributed by atoms with Gasteiger partial charge in [0.15, 0.2) is 0 Å². The summed E-state index contributed by atoms with van der Waals surface area (Å²) < 4.78 is 2.04. The average Bonchev–Trinajstić information content (AvgIpc) is 3.22. The number of hydrogen-bond donors (Lipinski definition) is 1. The topological polar surface area (TPSA) is 70.1 Å². The van der Waals surface area contributed by atoms with E-state index in [0.29, 0.717) is 12.2 Å². The molecule has 0 spiro atoms. The Bertz CT molecular complexity index is 730. The van der Waals surface area contributed by atoms with Gasteiger partial charge in [0.1, 0.15) is 11.5 Å². The zero-order chi connectivity index (χ0) is 17.2. The van der Waals surface area contributed by atoms with Crippen LogP contribution in [0.4, 0.5) is 0 Å². The van der Waals surface area contributed by atoms with Gasteiger partial charge in [-0.25, -0.2) is 4.98 Å². The molecule has 25 heavy (non-hydrogen) atoms. The maximum Gasteiger partial charge on any atom is 0.272 e. The zero-order valence-electron chi connectivity index (χ0n) is 14.8. The van der Waals surface area contributed by atoms with Crippen molar-refractivity contribution in [2.75, 3.05) is 19.6 Å². The van der Waals surface area contributed by atoms with Gasteiger partial charge in [0.2, 0.25) is 0 Å². The molecular weight excluding hydrogens is 316 g/mol. The Hall–Kier alpha value is -2.15. The van der Waals surface area contributed by atoms with Crippen molar-refractivity contribution >= 4 is 5.91 Å². The molecule has 134 valence electrons. The first kappa shape index (κ1) is 16.3. The third kappa shape index (κ3) is 3.46. The van der Waals surface area contributed by atoms with Crippen LogP contribution in [0.25, 0.3) is 0 Å². The number of H-pyrrole nitrogens is 1. The molecular formula is C18H26N6O. The van der Waals surface area contributed by atoms with Crippen molar-refractivity contribution < 1.29 is 4.79 Å². The summed E-state index contributed by atoms with van der Waals surface area (Å²) in [7, 11) is 0. The van der Waals surface area contributed by atoms with Gasteiger partial charge in [0, 0.05) is 25.3 Å². The van der Waals surface area contributed by atoms with Crippen molar-refractivity contribution in [3.05, 3.63) is 35.7 Å². The van der Waals surface area contributed by atoms with Gasteiger partial charge in [0.25, 0.3) is 5.91 Å². The maximum atomic E-state index is 13.2. The van der Waals surface area contributed by atoms with Gasteiger partial charge in [-0.2, -0.15) is 5.10 Å². The molecule has 0 radical (unpaired) electrons. The minimum absolute atomic E-state index is 0.0391. The molecule has 1 atom stereocenters. The van der Waals surface area contributed by atoms with Crippen molar-refractivity contribution in [3.8, 4) is 0 Å². The molecule has 7 nitrogen and oxygen atoms in total. The number of rotatable bonds is 3. The summed E-state index contributed by atoms with van der Waals surface area (Å²) in [5.41, 5.74) is 1.68. The highest BCUT2D eigenvalue weighted by molar-refractivity contribution is 5.92. The molecule has 1 fully saturated rings. The number of aryl methyl sites for hydroxylation is 2. The van der Waals surface area contributed by atoms with Crippen LogP contribution < -0.4 is 0 Å². The predicted molar refractivity (Wildman–Crippen MR) is 94.1 cm³/mol. The molecule has 2 aliphatic rings. The Labute approximate surface area is 148 Å². The molecule has 7 heteroatoms. The van der Waals surface area contributed by atoms with E-state index in [-0.39, 0.29) is 11.9 Å². The molecule has 4 heterocycles. The molecule has 0 aliphatic carbocycles. The number of piperidine rings is 1. The van der Waals surface area contributed by atoms with Crippen LogP contribution in [0.2, 0.25) is 0 Å². The van der Waals surface area contributed by atoms with Crippen molar-refractivity contribution in [1.29, 1.82) is 0 Å². The van der Waals surface area contributed by atoms with E-state index >= 15 is 0 Å². The van der Waals surface area contributed by atoms with Crippen molar-refractivity contribution in [2.45, 2.75) is 51.7 Å². The number of aromatic amines is 1. The lowest BCUT2D eigenvalue weighted by Crippen LogP contribution is -2.47. The number of nitrogens with one attached hydrogen (secondary N) is 1. The van der Waals surface area contributed by atoms with Crippen LogP contribution in [0.15, 0.2) is 18.5 Å². The first-order valence-electron chi connectivity index (χ1n) is 9.26. The van der Waals surface area contributed by atoms with E-state index in [1.54, 1.807) is 6.20 Å². The number of amides is 1. The standard InChI is InChI=1S/C18H26N6O/c1-14-19-11-17(21-14)18(25)23-13-16-5-7-20-24(16)10-6-15(23)12-22-8-3-2-4-9-22/h5,7,11,15H,2-4,6,8-10,12-13H2,1H3,(H,19,21)/t15-/m1/s1. The molecule has 2 aromatic rings. The van der Waals surface area contributed by atoms with E-state index in [4.69, 9.17) is 0 Å². The minimum atomic E-state index is 0.0391. The summed E-state index contributed by atoms with van der Waals surface area (Å²) >= 11 is 0. The number of carbonyl (C=O) groups is 1. The van der Waals surface area contributed by atoms with Gasteiger partial charge in [-0.1, -0.05) is 6.42 Å². The highest BCUT2D eigenvalue weighted by atomic mass is 16.2. The fourth-order valence-electron chi connectivity index (χ4n) is 3.98. The fraction of sp³-hybridized carbons (Fsp3) is 0.611.